The van der Waals surface area contributed by atoms with Gasteiger partial charge in [-0.2, -0.15) is 5.26 Å². The minimum absolute atomic E-state index is 0.105. The fraction of sp³-hybridized carbons (Fsp3) is 0.368. The topological polar surface area (TPSA) is 100 Å². The summed E-state index contributed by atoms with van der Waals surface area (Å²) in [7, 11) is 0. The number of aromatic nitrogens is 2. The van der Waals surface area contributed by atoms with Gasteiger partial charge in [-0.05, 0) is 12.1 Å². The lowest BCUT2D eigenvalue weighted by Gasteiger charge is -2.37. The predicted octanol–water partition coefficient (Wildman–Crippen LogP) is 2.07. The molecule has 2 aliphatic rings. The summed E-state index contributed by atoms with van der Waals surface area (Å²) in [6.07, 6.45) is 4.34. The number of amides is 1. The first kappa shape index (κ1) is 17.4. The monoisotopic (exact) mass is 365 g/mol. The van der Waals surface area contributed by atoms with Gasteiger partial charge in [0.15, 0.2) is 5.79 Å². The van der Waals surface area contributed by atoms with Crippen molar-refractivity contribution in [2.45, 2.75) is 18.6 Å². The second-order valence-electron chi connectivity index (χ2n) is 6.48. The van der Waals surface area contributed by atoms with Gasteiger partial charge in [-0.25, -0.2) is 9.97 Å². The summed E-state index contributed by atoms with van der Waals surface area (Å²) in [4.78, 5) is 22.9. The molecule has 0 atom stereocenters. The molecule has 1 aromatic carbocycles. The number of anilines is 2. The molecule has 2 aliphatic heterocycles. The van der Waals surface area contributed by atoms with Gasteiger partial charge in [0.25, 0.3) is 5.91 Å². The fourth-order valence-electron chi connectivity index (χ4n) is 3.33. The smallest absolute Gasteiger partial charge is 0.256 e. The Bertz CT molecular complexity index is 862. The van der Waals surface area contributed by atoms with Crippen LogP contribution in [0.25, 0.3) is 0 Å². The number of rotatable bonds is 3. The van der Waals surface area contributed by atoms with E-state index >= 15 is 0 Å². The Balaban J connectivity index is 1.40. The van der Waals surface area contributed by atoms with Crippen LogP contribution in [-0.4, -0.2) is 52.9 Å². The third-order valence-electron chi connectivity index (χ3n) is 4.82. The molecule has 3 heterocycles. The highest BCUT2D eigenvalue weighted by Gasteiger charge is 2.40. The molecule has 8 nitrogen and oxygen atoms in total. The van der Waals surface area contributed by atoms with E-state index in [2.05, 4.69) is 21.4 Å². The quantitative estimate of drug-likeness (QED) is 0.888. The third kappa shape index (κ3) is 3.60. The van der Waals surface area contributed by atoms with Crippen molar-refractivity contribution >= 4 is 17.5 Å². The van der Waals surface area contributed by atoms with E-state index in [1.165, 1.54) is 12.4 Å². The molecule has 1 aromatic heterocycles. The molecule has 2 fully saturated rings. The second kappa shape index (κ2) is 7.31. The van der Waals surface area contributed by atoms with Crippen molar-refractivity contribution in [2.24, 2.45) is 0 Å². The second-order valence-corrected chi connectivity index (χ2v) is 6.48. The Labute approximate surface area is 156 Å². The van der Waals surface area contributed by atoms with Crippen LogP contribution in [0, 0.1) is 11.3 Å². The van der Waals surface area contributed by atoms with Crippen LogP contribution < -0.4 is 5.32 Å². The first-order chi connectivity index (χ1) is 13.2. The highest BCUT2D eigenvalue weighted by molar-refractivity contribution is 5.93. The van der Waals surface area contributed by atoms with E-state index in [1.54, 1.807) is 23.1 Å². The Hall–Kier alpha value is -3.02. The van der Waals surface area contributed by atoms with Crippen molar-refractivity contribution < 1.29 is 14.3 Å². The van der Waals surface area contributed by atoms with Gasteiger partial charge in [0.2, 0.25) is 5.95 Å². The van der Waals surface area contributed by atoms with Crippen molar-refractivity contribution in [3.8, 4) is 6.07 Å². The molecule has 0 radical (unpaired) electrons. The molecule has 4 rings (SSSR count). The normalized spacial score (nSPS) is 18.3. The van der Waals surface area contributed by atoms with E-state index in [9.17, 15) is 4.79 Å². The van der Waals surface area contributed by atoms with Crippen LogP contribution in [0.2, 0.25) is 0 Å². The largest absolute Gasteiger partial charge is 0.347 e. The number of nitrogens with one attached hydrogen (secondary N) is 1. The van der Waals surface area contributed by atoms with Crippen molar-refractivity contribution in [1.29, 1.82) is 5.26 Å². The zero-order valence-electron chi connectivity index (χ0n) is 14.7. The molecule has 27 heavy (non-hydrogen) atoms. The van der Waals surface area contributed by atoms with E-state index in [1.807, 2.05) is 6.07 Å². The van der Waals surface area contributed by atoms with Crippen molar-refractivity contribution in [2.75, 3.05) is 31.6 Å². The summed E-state index contributed by atoms with van der Waals surface area (Å²) in [6, 6.07) is 9.20. The van der Waals surface area contributed by atoms with Crippen molar-refractivity contribution in [3.05, 3.63) is 47.8 Å². The third-order valence-corrected chi connectivity index (χ3v) is 4.82. The van der Waals surface area contributed by atoms with Gasteiger partial charge in [-0.1, -0.05) is 12.1 Å². The van der Waals surface area contributed by atoms with Gasteiger partial charge in [0, 0.05) is 38.3 Å². The number of hydrogen-bond donors (Lipinski definition) is 1. The summed E-state index contributed by atoms with van der Waals surface area (Å²) in [5.74, 6) is -0.277. The molecule has 0 aliphatic carbocycles. The summed E-state index contributed by atoms with van der Waals surface area (Å²) >= 11 is 0. The van der Waals surface area contributed by atoms with Gasteiger partial charge in [0.1, 0.15) is 6.07 Å². The highest BCUT2D eigenvalue weighted by Crippen LogP contribution is 2.31. The number of benzene rings is 1. The van der Waals surface area contributed by atoms with Crippen LogP contribution in [0.1, 0.15) is 28.8 Å². The minimum atomic E-state index is -0.505. The van der Waals surface area contributed by atoms with Crippen LogP contribution in [0.4, 0.5) is 11.6 Å². The summed E-state index contributed by atoms with van der Waals surface area (Å²) < 4.78 is 11.4. The molecule has 0 saturated carbocycles. The Morgan fingerprint density at radius 2 is 1.81 bits per heavy atom. The summed E-state index contributed by atoms with van der Waals surface area (Å²) in [6.45, 7) is 2.39. The van der Waals surface area contributed by atoms with Gasteiger partial charge in [-0.15, -0.1) is 0 Å². The number of nitriles is 1. The van der Waals surface area contributed by atoms with E-state index in [0.717, 1.165) is 0 Å². The molecular formula is C19H19N5O3. The van der Waals surface area contributed by atoms with E-state index < -0.39 is 5.79 Å². The standard InChI is InChI=1S/C19H19N5O3/c20-11-14-3-1-2-4-16(14)23-18-21-12-15(13-22-18)17(25)24-7-5-19(6-8-24)26-9-10-27-19/h1-4,12-13H,5-10H2,(H,21,22,23). The molecule has 0 bridgehead atoms. The number of nitrogens with zero attached hydrogens (tertiary/aromatic N) is 4. The maximum absolute atomic E-state index is 12.7. The molecule has 1 amide bonds. The number of carbonyl (C=O) groups excluding carboxylic acids is 1. The zero-order valence-corrected chi connectivity index (χ0v) is 14.7. The molecule has 138 valence electrons. The Kier molecular flexibility index (Phi) is 4.71. The van der Waals surface area contributed by atoms with Crippen molar-refractivity contribution in [3.63, 3.8) is 0 Å². The lowest BCUT2D eigenvalue weighted by molar-refractivity contribution is -0.181. The van der Waals surface area contributed by atoms with E-state index in [4.69, 9.17) is 14.7 Å². The average molecular weight is 365 g/mol. The van der Waals surface area contributed by atoms with Crippen molar-refractivity contribution in [1.82, 2.24) is 14.9 Å². The molecule has 1 spiro atoms. The predicted molar refractivity (Wildman–Crippen MR) is 96.2 cm³/mol. The number of carbonyl (C=O) groups is 1. The highest BCUT2D eigenvalue weighted by atomic mass is 16.7. The number of ether oxygens (including phenoxy) is 2. The molecule has 0 unspecified atom stereocenters. The zero-order chi connectivity index (χ0) is 18.7. The molecule has 1 N–H and O–H groups in total. The summed E-state index contributed by atoms with van der Waals surface area (Å²) in [5.41, 5.74) is 1.55. The van der Waals surface area contributed by atoms with Gasteiger partial charge < -0.3 is 19.7 Å². The van der Waals surface area contributed by atoms with Crippen LogP contribution in [0.5, 0.6) is 0 Å². The maximum atomic E-state index is 12.7. The van der Waals surface area contributed by atoms with Crippen LogP contribution in [0.3, 0.4) is 0 Å². The lowest BCUT2D eigenvalue weighted by Crippen LogP contribution is -2.47. The number of likely N-dealkylation sites (tertiary alicyclic amines) is 1. The Morgan fingerprint density at radius 3 is 2.48 bits per heavy atom. The van der Waals surface area contributed by atoms with Crippen LogP contribution >= 0.6 is 0 Å². The number of piperidine rings is 1. The van der Waals surface area contributed by atoms with E-state index in [-0.39, 0.29) is 5.91 Å². The van der Waals surface area contributed by atoms with Gasteiger partial charge in [-0.3, -0.25) is 4.79 Å². The average Bonchev–Trinajstić information content (AvgIpc) is 3.17. The first-order valence-electron chi connectivity index (χ1n) is 8.84. The SMILES string of the molecule is N#Cc1ccccc1Nc1ncc(C(=O)N2CCC3(CC2)OCCO3)cn1. The van der Waals surface area contributed by atoms with Crippen LogP contribution in [-0.2, 0) is 9.47 Å². The molecule has 8 heteroatoms. The Morgan fingerprint density at radius 1 is 1.15 bits per heavy atom. The maximum Gasteiger partial charge on any atom is 0.256 e. The number of hydrogen-bond acceptors (Lipinski definition) is 7. The minimum Gasteiger partial charge on any atom is -0.347 e. The molecule has 2 saturated heterocycles. The molecule has 2 aromatic rings. The first-order valence-corrected chi connectivity index (χ1v) is 8.84. The van der Waals surface area contributed by atoms with Gasteiger partial charge >= 0.3 is 0 Å². The van der Waals surface area contributed by atoms with E-state index in [0.29, 0.717) is 61.9 Å². The van der Waals surface area contributed by atoms with Crippen LogP contribution in [0.15, 0.2) is 36.7 Å². The fourth-order valence-corrected chi connectivity index (χ4v) is 3.33. The van der Waals surface area contributed by atoms with Gasteiger partial charge in [0.05, 0.1) is 30.0 Å². The lowest BCUT2D eigenvalue weighted by atomic mass is 10.0. The molecular weight excluding hydrogens is 346 g/mol. The number of para-hydroxylation sites is 1. The summed E-state index contributed by atoms with van der Waals surface area (Å²) in [5, 5.41) is 12.1.